The second-order valence-corrected chi connectivity index (χ2v) is 11.4. The summed E-state index contributed by atoms with van der Waals surface area (Å²) >= 11 is 0. The molecule has 0 bridgehead atoms. The predicted octanol–water partition coefficient (Wildman–Crippen LogP) is 3.90. The molecule has 0 spiro atoms. The average Bonchev–Trinajstić information content (AvgIpc) is 3.46. The van der Waals surface area contributed by atoms with Crippen LogP contribution in [0.1, 0.15) is 32.8 Å². The number of furan rings is 1. The molecule has 1 aliphatic rings. The third-order valence-corrected chi connectivity index (χ3v) is 8.50. The lowest BCUT2D eigenvalue weighted by Crippen LogP contribution is -2.66. The Kier molecular flexibility index (Phi) is 8.14. The molecule has 2 heterocycles. The molecule has 3 aromatic rings. The Morgan fingerprint density at radius 2 is 1.70 bits per heavy atom. The van der Waals surface area contributed by atoms with Gasteiger partial charge in [-0.15, -0.1) is 0 Å². The molecule has 0 unspecified atom stereocenters. The third kappa shape index (κ3) is 5.78. The topological polar surface area (TPSA) is 99.9 Å². The average molecular weight is 524 g/mol. The van der Waals surface area contributed by atoms with Crippen LogP contribution in [0.15, 0.2) is 82.3 Å². The van der Waals surface area contributed by atoms with Gasteiger partial charge in [0.05, 0.1) is 11.2 Å². The van der Waals surface area contributed by atoms with Crippen molar-refractivity contribution >= 4 is 21.8 Å². The molecule has 1 saturated heterocycles. The molecule has 0 radical (unpaired) electrons. The van der Waals surface area contributed by atoms with Gasteiger partial charge < -0.3 is 14.6 Å². The number of sulfonamides is 1. The number of hydrogen-bond donors (Lipinski definition) is 1. The predicted molar refractivity (Wildman–Crippen MR) is 141 cm³/mol. The Balaban J connectivity index is 1.55. The van der Waals surface area contributed by atoms with Crippen LogP contribution in [-0.4, -0.2) is 54.6 Å². The summed E-state index contributed by atoms with van der Waals surface area (Å²) in [5.74, 6) is -0.108. The van der Waals surface area contributed by atoms with Crippen LogP contribution >= 0.6 is 0 Å². The lowest BCUT2D eigenvalue weighted by molar-refractivity contribution is -0.149. The van der Waals surface area contributed by atoms with Crippen molar-refractivity contribution in [3.8, 4) is 11.3 Å². The normalized spacial score (nSPS) is 18.6. The van der Waals surface area contributed by atoms with E-state index in [-0.39, 0.29) is 42.3 Å². The van der Waals surface area contributed by atoms with E-state index in [0.717, 1.165) is 16.9 Å². The van der Waals surface area contributed by atoms with Crippen LogP contribution in [0.5, 0.6) is 0 Å². The minimum atomic E-state index is -3.83. The van der Waals surface area contributed by atoms with Gasteiger partial charge in [-0.3, -0.25) is 9.59 Å². The zero-order valence-electron chi connectivity index (χ0n) is 21.3. The first-order chi connectivity index (χ1) is 17.7. The van der Waals surface area contributed by atoms with E-state index in [1.54, 1.807) is 55.3 Å². The molecule has 1 fully saturated rings. The maximum Gasteiger partial charge on any atom is 0.244 e. The van der Waals surface area contributed by atoms with Gasteiger partial charge in [0.15, 0.2) is 0 Å². The number of piperazine rings is 1. The lowest BCUT2D eigenvalue weighted by atomic mass is 10.0. The number of hydrogen-bond acceptors (Lipinski definition) is 5. The quantitative estimate of drug-likeness (QED) is 0.483. The Labute approximate surface area is 218 Å². The number of carbonyl (C=O) groups is 2. The number of carbonyl (C=O) groups excluding carboxylic acids is 2. The molecule has 1 aromatic heterocycles. The van der Waals surface area contributed by atoms with Crippen molar-refractivity contribution in [1.29, 1.82) is 0 Å². The van der Waals surface area contributed by atoms with Crippen molar-refractivity contribution in [1.82, 2.24) is 14.5 Å². The van der Waals surface area contributed by atoms with E-state index in [2.05, 4.69) is 5.32 Å². The largest absolute Gasteiger partial charge is 0.464 e. The van der Waals surface area contributed by atoms with Crippen molar-refractivity contribution < 1.29 is 22.4 Å². The molecule has 196 valence electrons. The van der Waals surface area contributed by atoms with Gasteiger partial charge in [0.2, 0.25) is 21.8 Å². The fourth-order valence-corrected chi connectivity index (χ4v) is 6.08. The molecule has 2 amide bonds. The molecule has 1 N–H and O–H groups in total. The van der Waals surface area contributed by atoms with E-state index in [9.17, 15) is 18.0 Å². The molecule has 0 saturated carbocycles. The van der Waals surface area contributed by atoms with Crippen molar-refractivity contribution in [2.75, 3.05) is 13.1 Å². The smallest absolute Gasteiger partial charge is 0.244 e. The number of nitrogens with one attached hydrogen (secondary N) is 1. The summed E-state index contributed by atoms with van der Waals surface area (Å²) < 4.78 is 33.6. The molecule has 0 aliphatic carbocycles. The van der Waals surface area contributed by atoms with E-state index >= 15 is 0 Å². The van der Waals surface area contributed by atoms with Gasteiger partial charge in [-0.1, -0.05) is 63.2 Å². The molecular weight excluding hydrogens is 490 g/mol. The van der Waals surface area contributed by atoms with E-state index in [0.29, 0.717) is 6.42 Å². The maximum atomic E-state index is 13.5. The minimum absolute atomic E-state index is 0.102. The molecule has 4 rings (SSSR count). The molecule has 2 atom stereocenters. The van der Waals surface area contributed by atoms with Gasteiger partial charge >= 0.3 is 0 Å². The van der Waals surface area contributed by atoms with Gasteiger partial charge in [-0.05, 0) is 36.2 Å². The summed E-state index contributed by atoms with van der Waals surface area (Å²) in [7, 11) is -3.83. The number of benzene rings is 2. The number of amides is 2. The molecule has 37 heavy (non-hydrogen) atoms. The van der Waals surface area contributed by atoms with Gasteiger partial charge in [0.1, 0.15) is 11.8 Å². The van der Waals surface area contributed by atoms with E-state index in [1.165, 1.54) is 4.31 Å². The van der Waals surface area contributed by atoms with Crippen LogP contribution in [0.2, 0.25) is 0 Å². The fourth-order valence-electron chi connectivity index (χ4n) is 4.57. The summed E-state index contributed by atoms with van der Waals surface area (Å²) in [5.41, 5.74) is 1.80. The summed E-state index contributed by atoms with van der Waals surface area (Å²) in [5, 5.41) is 2.93. The lowest BCUT2D eigenvalue weighted by Gasteiger charge is -2.46. The fraction of sp³-hybridized carbons (Fsp3) is 0.357. The SMILES string of the molecule is CC[C@@H]1CN(S(=O)(=O)c2ccccc2)C[C@H](C(=O)NCc2ccc(-c3ccco3)cc2)N1C(=O)C(C)C. The molecular formula is C28H33N3O5S. The molecule has 2 aromatic carbocycles. The first-order valence-electron chi connectivity index (χ1n) is 12.5. The van der Waals surface area contributed by atoms with Crippen LogP contribution in [-0.2, 0) is 26.2 Å². The summed E-state index contributed by atoms with van der Waals surface area (Å²) in [6.45, 7) is 5.77. The molecule has 9 heteroatoms. The van der Waals surface area contributed by atoms with Crippen LogP contribution < -0.4 is 5.32 Å². The van der Waals surface area contributed by atoms with Crippen molar-refractivity contribution in [3.63, 3.8) is 0 Å². The summed E-state index contributed by atoms with van der Waals surface area (Å²) in [6.07, 6.45) is 2.14. The Morgan fingerprint density at radius 1 is 1.00 bits per heavy atom. The van der Waals surface area contributed by atoms with Crippen molar-refractivity contribution in [2.24, 2.45) is 5.92 Å². The van der Waals surface area contributed by atoms with E-state index in [1.807, 2.05) is 43.3 Å². The van der Waals surface area contributed by atoms with Gasteiger partial charge in [-0.25, -0.2) is 8.42 Å². The zero-order valence-corrected chi connectivity index (χ0v) is 22.1. The third-order valence-electron chi connectivity index (χ3n) is 6.65. The highest BCUT2D eigenvalue weighted by atomic mass is 32.2. The molecule has 1 aliphatic heterocycles. The van der Waals surface area contributed by atoms with Gasteiger partial charge in [-0.2, -0.15) is 4.31 Å². The van der Waals surface area contributed by atoms with E-state index < -0.39 is 22.1 Å². The highest BCUT2D eigenvalue weighted by molar-refractivity contribution is 7.89. The Bertz CT molecular complexity index is 1310. The van der Waals surface area contributed by atoms with Gasteiger partial charge in [0.25, 0.3) is 0 Å². The Morgan fingerprint density at radius 3 is 2.30 bits per heavy atom. The second-order valence-electron chi connectivity index (χ2n) is 9.51. The minimum Gasteiger partial charge on any atom is -0.464 e. The first kappa shape index (κ1) is 26.6. The van der Waals surface area contributed by atoms with Crippen LogP contribution in [0.3, 0.4) is 0 Å². The standard InChI is InChI=1S/C28H33N3O5S/c1-4-23-18-30(37(34,35)24-9-6-5-7-10-24)19-25(31(23)28(33)20(2)3)27(32)29-17-21-12-14-22(15-13-21)26-11-8-16-36-26/h5-16,20,23,25H,4,17-19H2,1-3H3,(H,29,32)/t23-,25-/m1/s1. The van der Waals surface area contributed by atoms with Crippen molar-refractivity contribution in [3.05, 3.63) is 78.6 Å². The second kappa shape index (κ2) is 11.3. The first-order valence-corrected chi connectivity index (χ1v) is 13.9. The number of rotatable bonds is 8. The van der Waals surface area contributed by atoms with Crippen LogP contribution in [0.25, 0.3) is 11.3 Å². The Hall–Kier alpha value is -3.43. The molecule has 8 nitrogen and oxygen atoms in total. The van der Waals surface area contributed by atoms with Crippen LogP contribution in [0, 0.1) is 5.92 Å². The van der Waals surface area contributed by atoms with Crippen molar-refractivity contribution in [2.45, 2.75) is 50.7 Å². The summed E-state index contributed by atoms with van der Waals surface area (Å²) in [4.78, 5) is 28.5. The number of nitrogens with zero attached hydrogens (tertiary/aromatic N) is 2. The highest BCUT2D eigenvalue weighted by Crippen LogP contribution is 2.27. The monoisotopic (exact) mass is 523 g/mol. The highest BCUT2D eigenvalue weighted by Gasteiger charge is 2.44. The van der Waals surface area contributed by atoms with Gasteiger partial charge in [0, 0.05) is 37.2 Å². The van der Waals surface area contributed by atoms with E-state index in [4.69, 9.17) is 4.42 Å². The zero-order chi connectivity index (χ0) is 26.6. The summed E-state index contributed by atoms with van der Waals surface area (Å²) in [6, 6.07) is 18.2. The van der Waals surface area contributed by atoms with Crippen LogP contribution in [0.4, 0.5) is 0 Å². The maximum absolute atomic E-state index is 13.5.